The van der Waals surface area contributed by atoms with Gasteiger partial charge in [-0.25, -0.2) is 8.42 Å². The second kappa shape index (κ2) is 12.7. The zero-order chi connectivity index (χ0) is 28.0. The summed E-state index contributed by atoms with van der Waals surface area (Å²) >= 11 is 12.3. The molecule has 1 atom stereocenters. The molecule has 202 valence electrons. The molecular weight excluding hydrogens is 545 g/mol. The Bertz CT molecular complexity index is 1410. The van der Waals surface area contributed by atoms with Crippen molar-refractivity contribution in [3.05, 3.63) is 99.0 Å². The van der Waals surface area contributed by atoms with Gasteiger partial charge in [-0.2, -0.15) is 0 Å². The van der Waals surface area contributed by atoms with Crippen LogP contribution in [0.25, 0.3) is 0 Å². The molecule has 0 unspecified atom stereocenters. The normalized spacial score (nSPS) is 12.1. The first kappa shape index (κ1) is 29.5. The van der Waals surface area contributed by atoms with E-state index in [-0.39, 0.29) is 18.9 Å². The molecule has 1 N–H and O–H groups in total. The van der Waals surface area contributed by atoms with Crippen molar-refractivity contribution in [3.63, 3.8) is 0 Å². The average molecular weight is 577 g/mol. The zero-order valence-electron chi connectivity index (χ0n) is 21.7. The van der Waals surface area contributed by atoms with Crippen molar-refractivity contribution in [2.24, 2.45) is 0 Å². The molecule has 7 nitrogen and oxygen atoms in total. The van der Waals surface area contributed by atoms with Crippen LogP contribution in [-0.2, 0) is 32.6 Å². The van der Waals surface area contributed by atoms with Crippen LogP contribution in [0.15, 0.2) is 66.7 Å². The number of hydrogen-bond donors (Lipinski definition) is 1. The molecule has 3 aromatic rings. The summed E-state index contributed by atoms with van der Waals surface area (Å²) in [5, 5.41) is 3.32. The summed E-state index contributed by atoms with van der Waals surface area (Å²) in [6.07, 6.45) is 1.29. The van der Waals surface area contributed by atoms with Crippen LogP contribution in [-0.4, -0.2) is 51.0 Å². The molecule has 0 bridgehead atoms. The summed E-state index contributed by atoms with van der Waals surface area (Å²) < 4.78 is 26.9. The number of rotatable bonds is 10. The Kier molecular flexibility index (Phi) is 9.82. The van der Waals surface area contributed by atoms with Gasteiger partial charge in [-0.15, -0.1) is 0 Å². The predicted octanol–water partition coefficient (Wildman–Crippen LogP) is 4.76. The number of carbonyl (C=O) groups excluding carboxylic acids is 2. The number of sulfonamides is 1. The van der Waals surface area contributed by atoms with Gasteiger partial charge in [0.2, 0.25) is 21.8 Å². The van der Waals surface area contributed by atoms with Gasteiger partial charge >= 0.3 is 0 Å². The highest BCUT2D eigenvalue weighted by atomic mass is 35.5. The highest BCUT2D eigenvalue weighted by molar-refractivity contribution is 7.92. The smallest absolute Gasteiger partial charge is 0.244 e. The average Bonchev–Trinajstić information content (AvgIpc) is 2.87. The van der Waals surface area contributed by atoms with Gasteiger partial charge in [0.25, 0.3) is 0 Å². The molecule has 0 saturated carbocycles. The summed E-state index contributed by atoms with van der Waals surface area (Å²) in [6, 6.07) is 18.8. The maximum Gasteiger partial charge on any atom is 0.244 e. The number of nitrogens with zero attached hydrogens (tertiary/aromatic N) is 2. The number of amides is 2. The van der Waals surface area contributed by atoms with Crippen LogP contribution >= 0.6 is 23.2 Å². The van der Waals surface area contributed by atoms with Gasteiger partial charge in [-0.3, -0.25) is 13.9 Å². The Morgan fingerprint density at radius 3 is 2.21 bits per heavy atom. The van der Waals surface area contributed by atoms with Crippen molar-refractivity contribution >= 4 is 50.7 Å². The molecule has 38 heavy (non-hydrogen) atoms. The molecule has 0 aliphatic rings. The third-order valence-corrected chi connectivity index (χ3v) is 8.03. The number of anilines is 1. The molecule has 3 rings (SSSR count). The minimum absolute atomic E-state index is 0.0189. The molecule has 0 aromatic heterocycles. The fourth-order valence-electron chi connectivity index (χ4n) is 4.14. The Balaban J connectivity index is 2.07. The van der Waals surface area contributed by atoms with Crippen LogP contribution in [0.2, 0.25) is 10.0 Å². The number of benzene rings is 3. The van der Waals surface area contributed by atoms with E-state index in [4.69, 9.17) is 23.2 Å². The summed E-state index contributed by atoms with van der Waals surface area (Å²) in [5.74, 6) is -0.910. The summed E-state index contributed by atoms with van der Waals surface area (Å²) in [5.41, 5.74) is 3.47. The van der Waals surface area contributed by atoms with Crippen molar-refractivity contribution in [1.29, 1.82) is 0 Å². The lowest BCUT2D eigenvalue weighted by Crippen LogP contribution is -2.53. The molecular formula is C28H31Cl2N3O4S. The van der Waals surface area contributed by atoms with Gasteiger partial charge in [-0.1, -0.05) is 71.7 Å². The lowest BCUT2D eigenvalue weighted by atomic mass is 10.0. The number of nitrogens with one attached hydrogen (secondary N) is 1. The highest BCUT2D eigenvalue weighted by Gasteiger charge is 2.33. The number of hydrogen-bond acceptors (Lipinski definition) is 4. The van der Waals surface area contributed by atoms with Crippen LogP contribution in [0.3, 0.4) is 0 Å². The Morgan fingerprint density at radius 1 is 0.921 bits per heavy atom. The van der Waals surface area contributed by atoms with Gasteiger partial charge in [-0.05, 0) is 54.3 Å². The molecule has 0 saturated heterocycles. The minimum atomic E-state index is -3.83. The van der Waals surface area contributed by atoms with E-state index in [1.165, 1.54) is 11.9 Å². The first-order valence-electron chi connectivity index (χ1n) is 11.9. The maximum atomic E-state index is 14.0. The zero-order valence-corrected chi connectivity index (χ0v) is 24.1. The van der Waals surface area contributed by atoms with Crippen molar-refractivity contribution < 1.29 is 18.0 Å². The van der Waals surface area contributed by atoms with Crippen molar-refractivity contribution in [2.45, 2.75) is 32.9 Å². The molecule has 0 aliphatic heterocycles. The van der Waals surface area contributed by atoms with E-state index in [9.17, 15) is 18.0 Å². The van der Waals surface area contributed by atoms with Gasteiger partial charge in [0.1, 0.15) is 12.6 Å². The lowest BCUT2D eigenvalue weighted by molar-refractivity contribution is -0.139. The Morgan fingerprint density at radius 2 is 1.61 bits per heavy atom. The fraction of sp³-hybridized carbons (Fsp3) is 0.286. The number of carbonyl (C=O) groups is 2. The first-order chi connectivity index (χ1) is 17.9. The third-order valence-electron chi connectivity index (χ3n) is 6.17. The number of likely N-dealkylation sites (N-methyl/N-ethyl adjacent to an activating group) is 1. The molecule has 10 heteroatoms. The van der Waals surface area contributed by atoms with E-state index >= 15 is 0 Å². The molecule has 3 aromatic carbocycles. The fourth-order valence-corrected chi connectivity index (χ4v) is 5.36. The number of halogens is 2. The second-order valence-electron chi connectivity index (χ2n) is 9.15. The predicted molar refractivity (Wildman–Crippen MR) is 153 cm³/mol. The molecule has 0 heterocycles. The molecule has 0 fully saturated rings. The van der Waals surface area contributed by atoms with Crippen LogP contribution in [0.1, 0.15) is 22.3 Å². The Labute approximate surface area is 234 Å². The second-order valence-corrected chi connectivity index (χ2v) is 11.9. The molecule has 0 aliphatic carbocycles. The minimum Gasteiger partial charge on any atom is -0.357 e. The van der Waals surface area contributed by atoms with Crippen molar-refractivity contribution in [2.75, 3.05) is 24.2 Å². The molecule has 2 amide bonds. The summed E-state index contributed by atoms with van der Waals surface area (Å²) in [6.45, 7) is 3.18. The molecule has 0 spiro atoms. The largest absolute Gasteiger partial charge is 0.357 e. The lowest BCUT2D eigenvalue weighted by Gasteiger charge is -2.33. The number of aryl methyl sites for hydroxylation is 2. The van der Waals surface area contributed by atoms with E-state index in [1.54, 1.807) is 31.2 Å². The van der Waals surface area contributed by atoms with Gasteiger partial charge in [0.15, 0.2) is 0 Å². The van der Waals surface area contributed by atoms with E-state index in [0.717, 1.165) is 21.7 Å². The van der Waals surface area contributed by atoms with E-state index < -0.39 is 28.5 Å². The standard InChI is InChI=1S/C28H31Cl2N3O4S/c1-19-10-11-20(2)25(14-19)33(38(4,36)37)18-27(34)32(17-22-12-13-23(29)24(30)15-22)26(28(35)31-3)16-21-8-6-5-7-9-21/h5-15,26H,16-18H2,1-4H3,(H,31,35)/t26-/m1/s1. The first-order valence-corrected chi connectivity index (χ1v) is 14.5. The van der Waals surface area contributed by atoms with Crippen molar-refractivity contribution in [1.82, 2.24) is 10.2 Å². The quantitative estimate of drug-likeness (QED) is 0.377. The SMILES string of the molecule is CNC(=O)[C@@H](Cc1ccccc1)N(Cc1ccc(Cl)c(Cl)c1)C(=O)CN(c1cc(C)ccc1C)S(C)(=O)=O. The van der Waals surface area contributed by atoms with E-state index in [2.05, 4.69) is 5.32 Å². The summed E-state index contributed by atoms with van der Waals surface area (Å²) in [4.78, 5) is 28.5. The molecule has 0 radical (unpaired) electrons. The van der Waals surface area contributed by atoms with Gasteiger partial charge in [0, 0.05) is 20.0 Å². The van der Waals surface area contributed by atoms with E-state index in [0.29, 0.717) is 26.9 Å². The van der Waals surface area contributed by atoms with Crippen LogP contribution in [0, 0.1) is 13.8 Å². The maximum absolute atomic E-state index is 14.0. The van der Waals surface area contributed by atoms with Crippen LogP contribution in [0.4, 0.5) is 5.69 Å². The summed E-state index contributed by atoms with van der Waals surface area (Å²) in [7, 11) is -2.33. The Hall–Kier alpha value is -3.07. The highest BCUT2D eigenvalue weighted by Crippen LogP contribution is 2.26. The van der Waals surface area contributed by atoms with Crippen LogP contribution < -0.4 is 9.62 Å². The van der Waals surface area contributed by atoms with Gasteiger partial charge < -0.3 is 10.2 Å². The monoisotopic (exact) mass is 575 g/mol. The van der Waals surface area contributed by atoms with E-state index in [1.807, 2.05) is 49.4 Å². The topological polar surface area (TPSA) is 86.8 Å². The van der Waals surface area contributed by atoms with Crippen LogP contribution in [0.5, 0.6) is 0 Å². The third kappa shape index (κ3) is 7.49. The van der Waals surface area contributed by atoms with Gasteiger partial charge in [0.05, 0.1) is 22.0 Å². The van der Waals surface area contributed by atoms with Crippen molar-refractivity contribution in [3.8, 4) is 0 Å².